The highest BCUT2D eigenvalue weighted by Gasteiger charge is 2.27. The van der Waals surface area contributed by atoms with Crippen LogP contribution in [0.3, 0.4) is 0 Å². The summed E-state index contributed by atoms with van der Waals surface area (Å²) >= 11 is 0. The molecule has 4 rings (SSSR count). The van der Waals surface area contributed by atoms with Crippen LogP contribution in [0.2, 0.25) is 0 Å². The summed E-state index contributed by atoms with van der Waals surface area (Å²) in [5, 5.41) is 4.49. The maximum absolute atomic E-state index is 13.2. The van der Waals surface area contributed by atoms with Gasteiger partial charge in [0.15, 0.2) is 0 Å². The Morgan fingerprint density at radius 2 is 1.40 bits per heavy atom. The van der Waals surface area contributed by atoms with Crippen molar-refractivity contribution in [1.29, 1.82) is 0 Å². The van der Waals surface area contributed by atoms with E-state index in [9.17, 15) is 9.59 Å². The lowest BCUT2D eigenvalue weighted by molar-refractivity contribution is 0.0535. The molecule has 0 atom stereocenters. The third kappa shape index (κ3) is 4.13. The molecule has 0 spiro atoms. The molecule has 3 aromatic rings. The number of carbonyl (C=O) groups excluding carboxylic acids is 2. The molecule has 1 fully saturated rings. The number of carbonyl (C=O) groups is 2. The van der Waals surface area contributed by atoms with Gasteiger partial charge in [0.05, 0.1) is 24.0 Å². The van der Waals surface area contributed by atoms with Crippen molar-refractivity contribution in [1.82, 2.24) is 19.6 Å². The zero-order chi connectivity index (χ0) is 20.9. The topological polar surface area (TPSA) is 58.4 Å². The van der Waals surface area contributed by atoms with Crippen LogP contribution in [-0.4, -0.2) is 57.6 Å². The Morgan fingerprint density at radius 1 is 0.833 bits per heavy atom. The minimum absolute atomic E-state index is 0.00188. The Bertz CT molecular complexity index is 1010. The molecule has 6 nitrogen and oxygen atoms in total. The van der Waals surface area contributed by atoms with Crippen molar-refractivity contribution in [2.45, 2.75) is 19.9 Å². The molecule has 2 heterocycles. The van der Waals surface area contributed by atoms with Crippen molar-refractivity contribution in [3.63, 3.8) is 0 Å². The van der Waals surface area contributed by atoms with Gasteiger partial charge in [0, 0.05) is 31.7 Å². The molecule has 1 saturated heterocycles. The zero-order valence-corrected chi connectivity index (χ0v) is 17.2. The van der Waals surface area contributed by atoms with Crippen molar-refractivity contribution >= 4 is 11.8 Å². The maximum atomic E-state index is 13.2. The first kappa shape index (κ1) is 19.9. The smallest absolute Gasteiger partial charge is 0.257 e. The lowest BCUT2D eigenvalue weighted by Crippen LogP contribution is -2.50. The summed E-state index contributed by atoms with van der Waals surface area (Å²) in [5.41, 5.74) is 3.46. The molecule has 1 aliphatic heterocycles. The first-order chi connectivity index (χ1) is 14.7. The Labute approximate surface area is 176 Å². The van der Waals surface area contributed by atoms with Gasteiger partial charge in [-0.3, -0.25) is 14.3 Å². The Morgan fingerprint density at radius 3 is 2.00 bits per heavy atom. The van der Waals surface area contributed by atoms with Crippen molar-refractivity contribution < 1.29 is 9.59 Å². The molecule has 0 radical (unpaired) electrons. The van der Waals surface area contributed by atoms with Gasteiger partial charge in [-0.05, 0) is 24.1 Å². The van der Waals surface area contributed by atoms with Crippen molar-refractivity contribution in [2.24, 2.45) is 0 Å². The second kappa shape index (κ2) is 8.95. The fraction of sp³-hybridized carbons (Fsp3) is 0.292. The van der Waals surface area contributed by atoms with E-state index in [0.717, 1.165) is 17.7 Å². The third-order valence-corrected chi connectivity index (χ3v) is 5.56. The molecule has 0 saturated carbocycles. The van der Waals surface area contributed by atoms with Gasteiger partial charge in [-0.15, -0.1) is 0 Å². The van der Waals surface area contributed by atoms with Gasteiger partial charge in [0.1, 0.15) is 0 Å². The lowest BCUT2D eigenvalue weighted by Gasteiger charge is -2.34. The molecule has 0 bridgehead atoms. The highest BCUT2D eigenvalue weighted by atomic mass is 16.2. The molecule has 2 aromatic carbocycles. The van der Waals surface area contributed by atoms with Gasteiger partial charge in [-0.2, -0.15) is 5.10 Å². The van der Waals surface area contributed by atoms with Crippen molar-refractivity contribution in [3.8, 4) is 0 Å². The summed E-state index contributed by atoms with van der Waals surface area (Å²) < 4.78 is 1.91. The summed E-state index contributed by atoms with van der Waals surface area (Å²) in [7, 11) is 0. The summed E-state index contributed by atoms with van der Waals surface area (Å²) in [6.45, 7) is 4.84. The summed E-state index contributed by atoms with van der Waals surface area (Å²) in [4.78, 5) is 29.4. The number of hydrogen-bond acceptors (Lipinski definition) is 3. The van der Waals surface area contributed by atoms with Crippen LogP contribution < -0.4 is 0 Å². The first-order valence-corrected chi connectivity index (χ1v) is 10.4. The van der Waals surface area contributed by atoms with E-state index in [1.807, 2.05) is 69.9 Å². The molecule has 30 heavy (non-hydrogen) atoms. The van der Waals surface area contributed by atoms with E-state index >= 15 is 0 Å². The third-order valence-electron chi connectivity index (χ3n) is 5.56. The number of rotatable bonds is 5. The second-order valence-electron chi connectivity index (χ2n) is 7.45. The fourth-order valence-corrected chi connectivity index (χ4v) is 3.90. The van der Waals surface area contributed by atoms with E-state index in [1.54, 1.807) is 6.20 Å². The first-order valence-electron chi connectivity index (χ1n) is 10.4. The Balaban J connectivity index is 1.42. The van der Waals surface area contributed by atoms with E-state index in [0.29, 0.717) is 43.9 Å². The highest BCUT2D eigenvalue weighted by molar-refractivity contribution is 5.96. The van der Waals surface area contributed by atoms with E-state index in [2.05, 4.69) is 17.2 Å². The molecule has 6 heteroatoms. The standard InChI is InChI=1S/C24H26N4O2/c1-2-22-21(17-25-28(22)18-19-9-5-3-6-10-19)24(30)27-15-13-26(14-16-27)23(29)20-11-7-4-8-12-20/h3-12,17H,2,13-16,18H2,1H3. The number of benzene rings is 2. The Hall–Kier alpha value is -3.41. The Kier molecular flexibility index (Phi) is 5.93. The maximum Gasteiger partial charge on any atom is 0.257 e. The SMILES string of the molecule is CCc1c(C(=O)N2CCN(C(=O)c3ccccc3)CC2)cnn1Cc1ccccc1. The van der Waals surface area contributed by atoms with Gasteiger partial charge < -0.3 is 9.80 Å². The van der Waals surface area contributed by atoms with Gasteiger partial charge in [-0.25, -0.2) is 0 Å². The average molecular weight is 402 g/mol. The molecule has 0 aliphatic carbocycles. The fourth-order valence-electron chi connectivity index (χ4n) is 3.90. The van der Waals surface area contributed by atoms with Crippen LogP contribution in [0.1, 0.15) is 38.9 Å². The normalized spacial score (nSPS) is 14.0. The zero-order valence-electron chi connectivity index (χ0n) is 17.2. The molecule has 1 aromatic heterocycles. The van der Waals surface area contributed by atoms with Gasteiger partial charge in [0.25, 0.3) is 11.8 Å². The predicted octanol–water partition coefficient (Wildman–Crippen LogP) is 3.09. The second-order valence-corrected chi connectivity index (χ2v) is 7.45. The molecule has 0 N–H and O–H groups in total. The lowest BCUT2D eigenvalue weighted by atomic mass is 10.1. The van der Waals surface area contributed by atoms with E-state index < -0.39 is 0 Å². The highest BCUT2D eigenvalue weighted by Crippen LogP contribution is 2.17. The monoisotopic (exact) mass is 402 g/mol. The van der Waals surface area contributed by atoms with E-state index in [4.69, 9.17) is 0 Å². The van der Waals surface area contributed by atoms with Gasteiger partial charge in [-0.1, -0.05) is 55.5 Å². The molecule has 1 aliphatic rings. The predicted molar refractivity (Wildman–Crippen MR) is 115 cm³/mol. The van der Waals surface area contributed by atoms with Crippen LogP contribution in [0.5, 0.6) is 0 Å². The summed E-state index contributed by atoms with van der Waals surface area (Å²) in [6, 6.07) is 19.4. The van der Waals surface area contributed by atoms with Crippen LogP contribution in [-0.2, 0) is 13.0 Å². The summed E-state index contributed by atoms with van der Waals surface area (Å²) in [6.07, 6.45) is 2.42. The average Bonchev–Trinajstić information content (AvgIpc) is 3.22. The van der Waals surface area contributed by atoms with Crippen LogP contribution in [0.4, 0.5) is 0 Å². The van der Waals surface area contributed by atoms with Gasteiger partial charge >= 0.3 is 0 Å². The molecule has 154 valence electrons. The van der Waals surface area contributed by atoms with Crippen LogP contribution in [0.25, 0.3) is 0 Å². The van der Waals surface area contributed by atoms with E-state index in [-0.39, 0.29) is 11.8 Å². The number of hydrogen-bond donors (Lipinski definition) is 0. The van der Waals surface area contributed by atoms with Crippen LogP contribution in [0, 0.1) is 0 Å². The number of nitrogens with zero attached hydrogens (tertiary/aromatic N) is 4. The molecular formula is C24H26N4O2. The van der Waals surface area contributed by atoms with Crippen LogP contribution in [0.15, 0.2) is 66.9 Å². The van der Waals surface area contributed by atoms with Crippen molar-refractivity contribution in [3.05, 3.63) is 89.2 Å². The quantitative estimate of drug-likeness (QED) is 0.659. The number of amides is 2. The number of piperazine rings is 1. The van der Waals surface area contributed by atoms with E-state index in [1.165, 1.54) is 0 Å². The van der Waals surface area contributed by atoms with Gasteiger partial charge in [0.2, 0.25) is 0 Å². The largest absolute Gasteiger partial charge is 0.335 e. The minimum atomic E-state index is -0.00188. The minimum Gasteiger partial charge on any atom is -0.335 e. The molecular weight excluding hydrogens is 376 g/mol. The molecule has 0 unspecified atom stereocenters. The van der Waals surface area contributed by atoms with Crippen molar-refractivity contribution in [2.75, 3.05) is 26.2 Å². The number of aromatic nitrogens is 2. The molecule has 2 amide bonds. The summed E-state index contributed by atoms with van der Waals surface area (Å²) in [5.74, 6) is 0.0191. The van der Waals surface area contributed by atoms with Crippen LogP contribution >= 0.6 is 0 Å².